The number of anilines is 2. The molecule has 3 aromatic rings. The van der Waals surface area contributed by atoms with Crippen molar-refractivity contribution in [2.24, 2.45) is 0 Å². The highest BCUT2D eigenvalue weighted by molar-refractivity contribution is 6.31. The van der Waals surface area contributed by atoms with E-state index in [0.29, 0.717) is 36.2 Å². The molecule has 0 atom stereocenters. The van der Waals surface area contributed by atoms with Crippen molar-refractivity contribution in [3.8, 4) is 0 Å². The Bertz CT molecular complexity index is 1110. The van der Waals surface area contributed by atoms with E-state index in [9.17, 15) is 14.0 Å². The van der Waals surface area contributed by atoms with Crippen molar-refractivity contribution < 1.29 is 18.7 Å². The molecule has 0 bridgehead atoms. The molecule has 0 saturated carbocycles. The van der Waals surface area contributed by atoms with Crippen LogP contribution in [0.3, 0.4) is 0 Å². The molecule has 1 aliphatic rings. The Hall–Kier alpha value is -2.94. The van der Waals surface area contributed by atoms with Gasteiger partial charge in [0.25, 0.3) is 5.91 Å². The molecule has 0 unspecified atom stereocenters. The fourth-order valence-corrected chi connectivity index (χ4v) is 3.59. The van der Waals surface area contributed by atoms with Gasteiger partial charge in [0, 0.05) is 47.7 Å². The number of nitrogens with one attached hydrogen (secondary N) is 3. The Morgan fingerprint density at radius 1 is 1.10 bits per heavy atom. The average molecular weight is 445 g/mol. The van der Waals surface area contributed by atoms with Gasteiger partial charge in [-0.2, -0.15) is 0 Å². The lowest BCUT2D eigenvalue weighted by Gasteiger charge is -2.26. The van der Waals surface area contributed by atoms with E-state index in [1.807, 2.05) is 6.07 Å². The minimum Gasteiger partial charge on any atom is -0.379 e. The van der Waals surface area contributed by atoms with E-state index in [1.165, 1.54) is 18.2 Å². The number of hydrogen-bond acceptors (Lipinski definition) is 4. The second-order valence-electron chi connectivity index (χ2n) is 7.32. The first-order chi connectivity index (χ1) is 15.0. The summed E-state index contributed by atoms with van der Waals surface area (Å²) in [7, 11) is 0. The summed E-state index contributed by atoms with van der Waals surface area (Å²) in [5.41, 5.74) is 1.47. The van der Waals surface area contributed by atoms with Gasteiger partial charge in [0.1, 0.15) is 11.5 Å². The number of amides is 2. The summed E-state index contributed by atoms with van der Waals surface area (Å²) in [6.45, 7) is 3.45. The van der Waals surface area contributed by atoms with Gasteiger partial charge in [0.2, 0.25) is 5.91 Å². The highest BCUT2D eigenvalue weighted by Gasteiger charge is 2.15. The fourth-order valence-electron chi connectivity index (χ4n) is 3.42. The van der Waals surface area contributed by atoms with Gasteiger partial charge in [-0.1, -0.05) is 17.7 Å². The van der Waals surface area contributed by atoms with Crippen LogP contribution in [0.25, 0.3) is 10.9 Å². The van der Waals surface area contributed by atoms with Gasteiger partial charge in [-0.3, -0.25) is 14.5 Å². The first-order valence-corrected chi connectivity index (χ1v) is 10.3. The molecule has 1 aromatic heterocycles. The minimum atomic E-state index is -0.571. The lowest BCUT2D eigenvalue weighted by molar-refractivity contribution is -0.116. The molecule has 1 aliphatic heterocycles. The second kappa shape index (κ2) is 9.47. The lowest BCUT2D eigenvalue weighted by atomic mass is 10.2. The van der Waals surface area contributed by atoms with Gasteiger partial charge in [0.05, 0.1) is 18.9 Å². The first kappa shape index (κ1) is 21.3. The molecule has 0 radical (unpaired) electrons. The summed E-state index contributed by atoms with van der Waals surface area (Å²) < 4.78 is 19.5. The van der Waals surface area contributed by atoms with Crippen molar-refractivity contribution in [1.82, 2.24) is 9.88 Å². The number of hydrogen-bond donors (Lipinski definition) is 3. The summed E-state index contributed by atoms with van der Waals surface area (Å²) in [5, 5.41) is 6.71. The van der Waals surface area contributed by atoms with Crippen molar-refractivity contribution in [3.05, 3.63) is 59.0 Å². The van der Waals surface area contributed by atoms with Crippen LogP contribution in [0.15, 0.2) is 42.5 Å². The highest BCUT2D eigenvalue weighted by atomic mass is 35.5. The molecule has 162 valence electrons. The molecule has 0 spiro atoms. The van der Waals surface area contributed by atoms with Crippen molar-refractivity contribution >= 4 is 45.7 Å². The maximum absolute atomic E-state index is 14.2. The first-order valence-electron chi connectivity index (χ1n) is 9.97. The lowest BCUT2D eigenvalue weighted by Crippen LogP contribution is -2.38. The number of ether oxygens (including phenoxy) is 1. The van der Waals surface area contributed by atoms with E-state index in [-0.39, 0.29) is 23.9 Å². The Labute approximate surface area is 183 Å². The van der Waals surface area contributed by atoms with Crippen LogP contribution in [0.1, 0.15) is 16.9 Å². The standard InChI is InChI=1S/C22H22ClFN4O3/c23-15-2-1-14-11-20(26-18(14)12-15)22(30)25-16-3-4-17(24)19(13-16)27-21(29)5-6-28-7-9-31-10-8-28/h1-4,11-13,26H,5-10H2,(H,25,30)(H,27,29). The number of H-pyrrole nitrogens is 1. The molecule has 1 fully saturated rings. The third-order valence-corrected chi connectivity index (χ3v) is 5.32. The zero-order valence-corrected chi connectivity index (χ0v) is 17.5. The Morgan fingerprint density at radius 3 is 2.71 bits per heavy atom. The van der Waals surface area contributed by atoms with Crippen LogP contribution in [0.4, 0.5) is 15.8 Å². The topological polar surface area (TPSA) is 86.5 Å². The number of carbonyl (C=O) groups is 2. The molecular formula is C22H22ClFN4O3. The van der Waals surface area contributed by atoms with Gasteiger partial charge in [0.15, 0.2) is 0 Å². The number of nitrogens with zero attached hydrogens (tertiary/aromatic N) is 1. The van der Waals surface area contributed by atoms with E-state index < -0.39 is 5.82 Å². The smallest absolute Gasteiger partial charge is 0.272 e. The van der Waals surface area contributed by atoms with E-state index in [2.05, 4.69) is 20.5 Å². The monoisotopic (exact) mass is 444 g/mol. The predicted molar refractivity (Wildman–Crippen MR) is 118 cm³/mol. The van der Waals surface area contributed by atoms with E-state index in [4.69, 9.17) is 16.3 Å². The van der Waals surface area contributed by atoms with Crippen molar-refractivity contribution in [2.45, 2.75) is 6.42 Å². The van der Waals surface area contributed by atoms with Gasteiger partial charge >= 0.3 is 0 Å². The molecule has 31 heavy (non-hydrogen) atoms. The zero-order valence-electron chi connectivity index (χ0n) is 16.7. The summed E-state index contributed by atoms with van der Waals surface area (Å²) in [6, 6.07) is 11.0. The van der Waals surface area contributed by atoms with Gasteiger partial charge in [-0.15, -0.1) is 0 Å². The van der Waals surface area contributed by atoms with Crippen LogP contribution >= 0.6 is 11.6 Å². The summed E-state index contributed by atoms with van der Waals surface area (Å²) >= 11 is 5.98. The number of carbonyl (C=O) groups excluding carboxylic acids is 2. The summed E-state index contributed by atoms with van der Waals surface area (Å²) in [6.07, 6.45) is 0.244. The largest absolute Gasteiger partial charge is 0.379 e. The van der Waals surface area contributed by atoms with Crippen molar-refractivity contribution in [3.63, 3.8) is 0 Å². The third-order valence-electron chi connectivity index (χ3n) is 5.09. The van der Waals surface area contributed by atoms with E-state index in [1.54, 1.807) is 18.2 Å². The molecule has 1 saturated heterocycles. The third kappa shape index (κ3) is 5.41. The number of aromatic nitrogens is 1. The number of rotatable bonds is 6. The van der Waals surface area contributed by atoms with Crippen LogP contribution in [0.2, 0.25) is 5.02 Å². The maximum atomic E-state index is 14.2. The van der Waals surface area contributed by atoms with Crippen LogP contribution in [-0.4, -0.2) is 54.5 Å². The molecule has 9 heteroatoms. The Morgan fingerprint density at radius 2 is 1.90 bits per heavy atom. The van der Waals surface area contributed by atoms with Gasteiger partial charge in [-0.25, -0.2) is 4.39 Å². The number of halogens is 2. The second-order valence-corrected chi connectivity index (χ2v) is 7.75. The van der Waals surface area contributed by atoms with Crippen LogP contribution in [0, 0.1) is 5.82 Å². The molecule has 2 aromatic carbocycles. The number of morpholine rings is 1. The molecule has 2 amide bonds. The highest BCUT2D eigenvalue weighted by Crippen LogP contribution is 2.23. The Kier molecular flexibility index (Phi) is 6.50. The predicted octanol–water partition coefficient (Wildman–Crippen LogP) is 3.87. The van der Waals surface area contributed by atoms with Crippen LogP contribution in [0.5, 0.6) is 0 Å². The number of benzene rings is 2. The zero-order chi connectivity index (χ0) is 21.8. The van der Waals surface area contributed by atoms with Gasteiger partial charge < -0.3 is 20.4 Å². The van der Waals surface area contributed by atoms with Gasteiger partial charge in [-0.05, 0) is 36.4 Å². The van der Waals surface area contributed by atoms with Crippen LogP contribution < -0.4 is 10.6 Å². The van der Waals surface area contributed by atoms with E-state index >= 15 is 0 Å². The summed E-state index contributed by atoms with van der Waals surface area (Å²) in [5.74, 6) is -1.25. The molecular weight excluding hydrogens is 423 g/mol. The molecule has 3 N–H and O–H groups in total. The number of aromatic amines is 1. The minimum absolute atomic E-state index is 0.0215. The average Bonchev–Trinajstić information content (AvgIpc) is 3.19. The molecule has 7 nitrogen and oxygen atoms in total. The fraction of sp³-hybridized carbons (Fsp3) is 0.273. The quantitative estimate of drug-likeness (QED) is 0.538. The van der Waals surface area contributed by atoms with Crippen molar-refractivity contribution in [2.75, 3.05) is 43.5 Å². The Balaban J connectivity index is 1.39. The SMILES string of the molecule is O=C(CCN1CCOCC1)Nc1cc(NC(=O)c2cc3ccc(Cl)cc3[nH]2)ccc1F. The number of fused-ring (bicyclic) bond motifs is 1. The summed E-state index contributed by atoms with van der Waals surface area (Å²) in [4.78, 5) is 30.0. The normalized spacial score (nSPS) is 14.5. The molecule has 0 aliphatic carbocycles. The van der Waals surface area contributed by atoms with E-state index in [0.717, 1.165) is 24.0 Å². The van der Waals surface area contributed by atoms with Crippen molar-refractivity contribution in [1.29, 1.82) is 0 Å². The van der Waals surface area contributed by atoms with Crippen LogP contribution in [-0.2, 0) is 9.53 Å². The molecule has 4 rings (SSSR count). The molecule has 2 heterocycles. The maximum Gasteiger partial charge on any atom is 0.272 e.